The number of allylic oxidation sites excluding steroid dienone is 1. The first-order chi connectivity index (χ1) is 19.4. The van der Waals surface area contributed by atoms with Crippen molar-refractivity contribution in [2.75, 3.05) is 14.2 Å². The molecule has 4 rings (SSSR count). The summed E-state index contributed by atoms with van der Waals surface area (Å²) in [6, 6.07) is 0. The van der Waals surface area contributed by atoms with Crippen LogP contribution in [0.5, 0.6) is 0 Å². The van der Waals surface area contributed by atoms with Crippen LogP contribution in [0.25, 0.3) is 0 Å². The van der Waals surface area contributed by atoms with E-state index in [-0.39, 0.29) is 17.1 Å². The molecule has 0 aromatic carbocycles. The first kappa shape index (κ1) is 34.9. The van der Waals surface area contributed by atoms with Crippen LogP contribution in [0.3, 0.4) is 0 Å². The summed E-state index contributed by atoms with van der Waals surface area (Å²) in [6.45, 7) is 23.9. The minimum Gasteiger partial charge on any atom is -0.414 e. The van der Waals surface area contributed by atoms with Crippen LogP contribution in [0, 0.1) is 46.3 Å². The van der Waals surface area contributed by atoms with Gasteiger partial charge in [0.05, 0.1) is 6.10 Å². The van der Waals surface area contributed by atoms with Gasteiger partial charge in [0.1, 0.15) is 0 Å². The lowest BCUT2D eigenvalue weighted by Crippen LogP contribution is -2.52. The van der Waals surface area contributed by atoms with Crippen LogP contribution < -0.4 is 0 Å². The number of phosphoric acid groups is 1. The van der Waals surface area contributed by atoms with Crippen molar-refractivity contribution < 1.29 is 22.6 Å². The number of hydrogen-bond acceptors (Lipinski definition) is 5. The van der Waals surface area contributed by atoms with E-state index in [1.54, 1.807) is 5.57 Å². The number of fused-ring (bicyclic) bond motifs is 5. The fourth-order valence-electron chi connectivity index (χ4n) is 9.76. The largest absolute Gasteiger partial charge is 0.474 e. The second kappa shape index (κ2) is 12.7. The molecular weight excluding hydrogens is 559 g/mol. The maximum absolute atomic E-state index is 12.7. The molecule has 9 atom stereocenters. The van der Waals surface area contributed by atoms with Gasteiger partial charge in [0.25, 0.3) is 0 Å². The molecule has 3 fully saturated rings. The average molecular weight is 625 g/mol. The predicted octanol–water partition coefficient (Wildman–Crippen LogP) is 10.8. The third kappa shape index (κ3) is 6.61. The lowest BCUT2D eigenvalue weighted by atomic mass is 9.47. The van der Waals surface area contributed by atoms with E-state index in [9.17, 15) is 4.57 Å². The highest BCUT2D eigenvalue weighted by Crippen LogP contribution is 2.67. The third-order valence-electron chi connectivity index (χ3n) is 13.4. The SMILES string of the molecule is COP(=O)(OC)O[C@H](CC[C@@H](C)[C@H]1CC[C@H]2[C@@H]3CC=C4CC(O[Si](C)(C)C(C)(C)C)CC[C@]4(C)[C@H]3CC[C@]12C)C(C)C. The Hall–Kier alpha value is 0.0269. The van der Waals surface area contributed by atoms with Gasteiger partial charge >= 0.3 is 7.82 Å². The summed E-state index contributed by atoms with van der Waals surface area (Å²) in [6.07, 6.45) is 15.4. The second-order valence-corrected chi connectivity index (χ2v) is 23.6. The fraction of sp³-hybridized carbons (Fsp3) is 0.943. The monoisotopic (exact) mass is 624 g/mol. The molecule has 3 saturated carbocycles. The van der Waals surface area contributed by atoms with Crippen LogP contribution in [-0.2, 0) is 22.6 Å². The van der Waals surface area contributed by atoms with Crippen LogP contribution in [0.1, 0.15) is 120 Å². The van der Waals surface area contributed by atoms with Gasteiger partial charge in [-0.2, -0.15) is 0 Å². The zero-order valence-electron chi connectivity index (χ0n) is 29.3. The Morgan fingerprint density at radius 2 is 1.64 bits per heavy atom. The molecule has 0 aromatic heterocycles. The number of rotatable bonds is 11. The molecule has 0 aromatic rings. The van der Waals surface area contributed by atoms with Crippen molar-refractivity contribution in [2.45, 2.75) is 150 Å². The molecule has 7 heteroatoms. The van der Waals surface area contributed by atoms with E-state index in [0.29, 0.717) is 22.9 Å². The van der Waals surface area contributed by atoms with Gasteiger partial charge in [-0.1, -0.05) is 67.0 Å². The summed E-state index contributed by atoms with van der Waals surface area (Å²) in [7, 11) is -2.43. The quantitative estimate of drug-likeness (QED) is 0.130. The molecule has 0 heterocycles. The van der Waals surface area contributed by atoms with Crippen molar-refractivity contribution in [1.82, 2.24) is 0 Å². The number of phosphoric ester groups is 1. The minimum absolute atomic E-state index is 0.128. The number of hydrogen-bond donors (Lipinski definition) is 0. The Morgan fingerprint density at radius 1 is 0.976 bits per heavy atom. The van der Waals surface area contributed by atoms with E-state index < -0.39 is 16.1 Å². The second-order valence-electron chi connectivity index (χ2n) is 17.0. The average Bonchev–Trinajstić information content (AvgIpc) is 3.27. The van der Waals surface area contributed by atoms with Crippen molar-refractivity contribution in [1.29, 1.82) is 0 Å². The van der Waals surface area contributed by atoms with E-state index in [4.69, 9.17) is 18.0 Å². The van der Waals surface area contributed by atoms with Crippen molar-refractivity contribution >= 4 is 16.1 Å². The minimum atomic E-state index is -3.48. The molecule has 0 bridgehead atoms. The van der Waals surface area contributed by atoms with E-state index in [2.05, 4.69) is 74.6 Å². The Labute approximate surface area is 260 Å². The van der Waals surface area contributed by atoms with Gasteiger partial charge in [0, 0.05) is 20.3 Å². The Morgan fingerprint density at radius 3 is 2.24 bits per heavy atom. The molecule has 0 aliphatic heterocycles. The molecular formula is C35H65O5PSi. The van der Waals surface area contributed by atoms with Gasteiger partial charge < -0.3 is 4.43 Å². The van der Waals surface area contributed by atoms with Crippen LogP contribution in [0.4, 0.5) is 0 Å². The lowest BCUT2D eigenvalue weighted by molar-refractivity contribution is -0.0572. The Kier molecular flexibility index (Phi) is 10.5. The van der Waals surface area contributed by atoms with Gasteiger partial charge in [-0.05, 0) is 129 Å². The van der Waals surface area contributed by atoms with Gasteiger partial charge in [-0.25, -0.2) is 4.57 Å². The van der Waals surface area contributed by atoms with Crippen LogP contribution in [0.2, 0.25) is 18.1 Å². The van der Waals surface area contributed by atoms with E-state index in [0.717, 1.165) is 42.9 Å². The molecule has 4 aliphatic carbocycles. The molecule has 0 N–H and O–H groups in total. The van der Waals surface area contributed by atoms with Gasteiger partial charge in [0.15, 0.2) is 8.32 Å². The fourth-order valence-corrected chi connectivity index (χ4v) is 12.1. The summed E-state index contributed by atoms with van der Waals surface area (Å²) >= 11 is 0. The predicted molar refractivity (Wildman–Crippen MR) is 177 cm³/mol. The molecule has 4 aliphatic rings. The summed E-state index contributed by atoms with van der Waals surface area (Å²) in [4.78, 5) is 0. The van der Waals surface area contributed by atoms with Crippen LogP contribution >= 0.6 is 7.82 Å². The molecule has 0 spiro atoms. The van der Waals surface area contributed by atoms with Gasteiger partial charge in [0.2, 0.25) is 0 Å². The first-order valence-corrected chi connectivity index (χ1v) is 21.5. The van der Waals surface area contributed by atoms with E-state index >= 15 is 0 Å². The molecule has 244 valence electrons. The smallest absolute Gasteiger partial charge is 0.414 e. The topological polar surface area (TPSA) is 54.0 Å². The molecule has 1 unspecified atom stereocenters. The molecule has 0 amide bonds. The maximum atomic E-state index is 12.7. The van der Waals surface area contributed by atoms with E-state index in [1.807, 2.05) is 0 Å². The Bertz CT molecular complexity index is 1010. The summed E-state index contributed by atoms with van der Waals surface area (Å²) in [5.74, 6) is 4.12. The summed E-state index contributed by atoms with van der Waals surface area (Å²) in [5.41, 5.74) is 2.52. The van der Waals surface area contributed by atoms with Crippen molar-refractivity contribution in [2.24, 2.45) is 46.3 Å². The highest BCUT2D eigenvalue weighted by molar-refractivity contribution is 7.48. The summed E-state index contributed by atoms with van der Waals surface area (Å²) < 4.78 is 35.8. The van der Waals surface area contributed by atoms with Crippen LogP contribution in [-0.4, -0.2) is 34.7 Å². The maximum Gasteiger partial charge on any atom is 0.474 e. The van der Waals surface area contributed by atoms with Crippen LogP contribution in [0.15, 0.2) is 11.6 Å². The molecule has 0 radical (unpaired) electrons. The van der Waals surface area contributed by atoms with Crippen molar-refractivity contribution in [3.8, 4) is 0 Å². The molecule has 5 nitrogen and oxygen atoms in total. The third-order valence-corrected chi connectivity index (χ3v) is 19.4. The molecule has 42 heavy (non-hydrogen) atoms. The standard InChI is InChI=1S/C35H65O5PSi/c1-24(2)32(39-41(36,37-9)38-10)18-13-25(3)29-16-17-30-28-15-14-26-23-27(40-42(11,12)33(4,5)6)19-21-34(26,7)31(28)20-22-35(29,30)8/h14,24-25,27-32H,13,15-23H2,1-12H3/t25-,27?,28+,29-,30+,31+,32-,34+,35-/m1/s1. The highest BCUT2D eigenvalue weighted by atomic mass is 31.2. The van der Waals surface area contributed by atoms with E-state index in [1.165, 1.54) is 59.2 Å². The normalized spacial score (nSPS) is 37.1. The van der Waals surface area contributed by atoms with Crippen molar-refractivity contribution in [3.63, 3.8) is 0 Å². The van der Waals surface area contributed by atoms with Gasteiger partial charge in [-0.15, -0.1) is 0 Å². The highest BCUT2D eigenvalue weighted by Gasteiger charge is 2.59. The summed E-state index contributed by atoms with van der Waals surface area (Å²) in [5, 5.41) is 0.266. The lowest BCUT2D eigenvalue weighted by Gasteiger charge is -2.59. The first-order valence-electron chi connectivity index (χ1n) is 17.2. The van der Waals surface area contributed by atoms with Gasteiger partial charge in [-0.3, -0.25) is 13.6 Å². The molecule has 0 saturated heterocycles. The van der Waals surface area contributed by atoms with Crippen molar-refractivity contribution in [3.05, 3.63) is 11.6 Å². The Balaban J connectivity index is 1.42. The zero-order chi connectivity index (χ0) is 31.3. The zero-order valence-corrected chi connectivity index (χ0v) is 31.2.